The summed E-state index contributed by atoms with van der Waals surface area (Å²) < 4.78 is 1.83. The van der Waals surface area contributed by atoms with E-state index >= 15 is 0 Å². The molecule has 2 unspecified atom stereocenters. The summed E-state index contributed by atoms with van der Waals surface area (Å²) in [6.45, 7) is 14.4. The van der Waals surface area contributed by atoms with Crippen LogP contribution < -0.4 is 16.1 Å². The van der Waals surface area contributed by atoms with Crippen molar-refractivity contribution in [2.45, 2.75) is 85.4 Å². The van der Waals surface area contributed by atoms with Gasteiger partial charge in [-0.2, -0.15) is 5.10 Å². The monoisotopic (exact) mass is 531 g/mol. The van der Waals surface area contributed by atoms with Gasteiger partial charge in [0.15, 0.2) is 5.82 Å². The second-order valence-corrected chi connectivity index (χ2v) is 10.3. The zero-order valence-electron chi connectivity index (χ0n) is 24.7. The Bertz CT molecular complexity index is 1230. The maximum atomic E-state index is 13.7. The molecule has 1 fully saturated rings. The van der Waals surface area contributed by atoms with Crippen LogP contribution in [0, 0.1) is 6.92 Å². The quantitative estimate of drug-likeness (QED) is 0.321. The van der Waals surface area contributed by atoms with E-state index in [1.807, 2.05) is 69.9 Å². The average molecular weight is 532 g/mol. The first-order valence-corrected chi connectivity index (χ1v) is 14.0. The molecule has 0 spiro atoms. The molecule has 0 saturated carbocycles. The van der Waals surface area contributed by atoms with Gasteiger partial charge in [0.2, 0.25) is 0 Å². The summed E-state index contributed by atoms with van der Waals surface area (Å²) in [5.74, 6) is 1.45. The summed E-state index contributed by atoms with van der Waals surface area (Å²) in [5, 5.41) is 13.6. The molecule has 4 rings (SSSR count). The van der Waals surface area contributed by atoms with Gasteiger partial charge in [0.05, 0.1) is 29.4 Å². The molecule has 3 aromatic rings. The third kappa shape index (κ3) is 6.68. The second kappa shape index (κ2) is 13.4. The number of aromatic nitrogens is 3. The highest BCUT2D eigenvalue weighted by atomic mass is 16.1. The minimum Gasteiger partial charge on any atom is -0.363 e. The number of benzene rings is 1. The molecule has 39 heavy (non-hydrogen) atoms. The minimum atomic E-state index is -0.208. The van der Waals surface area contributed by atoms with Crippen molar-refractivity contribution in [2.24, 2.45) is 0 Å². The van der Waals surface area contributed by atoms with E-state index in [0.717, 1.165) is 42.2 Å². The third-order valence-electron chi connectivity index (χ3n) is 7.14. The van der Waals surface area contributed by atoms with Crippen molar-refractivity contribution in [3.05, 3.63) is 89.1 Å². The Morgan fingerprint density at radius 1 is 1.15 bits per heavy atom. The van der Waals surface area contributed by atoms with Gasteiger partial charge in [-0.05, 0) is 58.2 Å². The lowest BCUT2D eigenvalue weighted by Gasteiger charge is -2.49. The number of amides is 1. The number of hydrogen-bond donors (Lipinski definition) is 3. The van der Waals surface area contributed by atoms with Gasteiger partial charge in [-0.3, -0.25) is 9.80 Å². The van der Waals surface area contributed by atoms with Crippen LogP contribution in [0.4, 0.5) is 0 Å². The predicted octanol–water partition coefficient (Wildman–Crippen LogP) is 5.74. The molecule has 2 aromatic heterocycles. The molecule has 210 valence electrons. The highest BCUT2D eigenvalue weighted by molar-refractivity contribution is 5.93. The lowest BCUT2D eigenvalue weighted by molar-refractivity contribution is -0.118. The van der Waals surface area contributed by atoms with Crippen LogP contribution in [0.1, 0.15) is 89.7 Å². The van der Waals surface area contributed by atoms with Gasteiger partial charge in [-0.1, -0.05) is 63.6 Å². The lowest BCUT2D eigenvalue weighted by Crippen LogP contribution is -2.59. The van der Waals surface area contributed by atoms with Crippen LogP contribution in [-0.2, 0) is 4.79 Å². The first-order chi connectivity index (χ1) is 18.8. The van der Waals surface area contributed by atoms with Crippen LogP contribution in [-0.4, -0.2) is 38.3 Å². The molecular formula is C31H45N7O. The van der Waals surface area contributed by atoms with Gasteiger partial charge in [-0.25, -0.2) is 15.1 Å². The number of carbonyl (C=O) groups excluding carboxylic acids is 1. The lowest BCUT2D eigenvalue weighted by atomic mass is 9.87. The van der Waals surface area contributed by atoms with E-state index in [-0.39, 0.29) is 23.5 Å². The Morgan fingerprint density at radius 3 is 2.46 bits per heavy atom. The van der Waals surface area contributed by atoms with Crippen molar-refractivity contribution in [3.63, 3.8) is 0 Å². The summed E-state index contributed by atoms with van der Waals surface area (Å²) in [4.78, 5) is 18.1. The van der Waals surface area contributed by atoms with Gasteiger partial charge in [0.25, 0.3) is 5.91 Å². The van der Waals surface area contributed by atoms with E-state index < -0.39 is 0 Å². The van der Waals surface area contributed by atoms with E-state index in [4.69, 9.17) is 0 Å². The van der Waals surface area contributed by atoms with Crippen LogP contribution >= 0.6 is 0 Å². The molecule has 1 amide bonds. The van der Waals surface area contributed by atoms with Crippen molar-refractivity contribution in [1.29, 1.82) is 0 Å². The Kier molecular flexibility index (Phi) is 10.3. The van der Waals surface area contributed by atoms with E-state index in [0.29, 0.717) is 5.57 Å². The molecule has 0 radical (unpaired) electrons. The van der Waals surface area contributed by atoms with Gasteiger partial charge < -0.3 is 10.6 Å². The molecule has 1 aromatic carbocycles. The molecular weight excluding hydrogens is 486 g/mol. The maximum absolute atomic E-state index is 13.7. The number of nitrogens with zero attached hydrogens (tertiary/aromatic N) is 4. The molecule has 1 aliphatic rings. The largest absolute Gasteiger partial charge is 0.363 e. The zero-order valence-corrected chi connectivity index (χ0v) is 24.7. The Balaban J connectivity index is 0.00000205. The standard InChI is InChI=1S/C29H39N7O.C2H6/c1-7-13-24(23-19-32-35(21(23)3)26-16-11-12-17-31-26)34-28(37)20(2)27-33-25(22-14-9-8-10-15-22)18-29(4,5)36(27)30-6;1-2/h8-12,14-17,19,24-25,30,33H,7,13,18H2,1-6H3,(H,34,37);1-2H3/b27-20+;. The van der Waals surface area contributed by atoms with Gasteiger partial charge in [-0.15, -0.1) is 0 Å². The predicted molar refractivity (Wildman–Crippen MR) is 158 cm³/mol. The fraction of sp³-hybridized carbons (Fsp3) is 0.452. The third-order valence-corrected chi connectivity index (χ3v) is 7.14. The van der Waals surface area contributed by atoms with Crippen molar-refractivity contribution in [2.75, 3.05) is 7.05 Å². The van der Waals surface area contributed by atoms with E-state index in [1.54, 1.807) is 6.20 Å². The first-order valence-electron chi connectivity index (χ1n) is 14.0. The summed E-state index contributed by atoms with van der Waals surface area (Å²) >= 11 is 0. The Hall–Kier alpha value is -3.65. The molecule has 3 heterocycles. The summed E-state index contributed by atoms with van der Waals surface area (Å²) in [6, 6.07) is 16.1. The number of pyridine rings is 1. The first kappa shape index (κ1) is 29.9. The van der Waals surface area contributed by atoms with E-state index in [2.05, 4.69) is 76.2 Å². The van der Waals surface area contributed by atoms with Gasteiger partial charge in [0.1, 0.15) is 5.82 Å². The fourth-order valence-electron chi connectivity index (χ4n) is 5.19. The number of hydrazine groups is 1. The molecule has 3 N–H and O–H groups in total. The smallest absolute Gasteiger partial charge is 0.251 e. The topological polar surface area (TPSA) is 87.1 Å². The number of hydrogen-bond acceptors (Lipinski definition) is 6. The Morgan fingerprint density at radius 2 is 1.85 bits per heavy atom. The molecule has 0 aliphatic carbocycles. The summed E-state index contributed by atoms with van der Waals surface area (Å²) in [7, 11) is 1.90. The maximum Gasteiger partial charge on any atom is 0.251 e. The van der Waals surface area contributed by atoms with Crippen molar-refractivity contribution < 1.29 is 4.79 Å². The van der Waals surface area contributed by atoms with Crippen molar-refractivity contribution >= 4 is 5.91 Å². The number of carbonyl (C=O) groups is 1. The van der Waals surface area contributed by atoms with Crippen molar-refractivity contribution in [1.82, 2.24) is 35.8 Å². The van der Waals surface area contributed by atoms with Crippen LogP contribution in [0.25, 0.3) is 5.82 Å². The summed E-state index contributed by atoms with van der Waals surface area (Å²) in [5.41, 5.74) is 6.92. The second-order valence-electron chi connectivity index (χ2n) is 10.3. The highest BCUT2D eigenvalue weighted by Gasteiger charge is 2.39. The normalized spacial score (nSPS) is 18.4. The minimum absolute atomic E-state index is 0.101. The fourth-order valence-corrected chi connectivity index (χ4v) is 5.19. The van der Waals surface area contributed by atoms with E-state index in [1.165, 1.54) is 5.56 Å². The number of nitrogens with one attached hydrogen (secondary N) is 3. The highest BCUT2D eigenvalue weighted by Crippen LogP contribution is 2.36. The zero-order chi connectivity index (χ0) is 28.6. The van der Waals surface area contributed by atoms with Gasteiger partial charge in [0, 0.05) is 24.5 Å². The molecule has 8 heteroatoms. The van der Waals surface area contributed by atoms with Crippen LogP contribution in [0.15, 0.2) is 72.3 Å². The average Bonchev–Trinajstić information content (AvgIpc) is 3.34. The van der Waals surface area contributed by atoms with Crippen molar-refractivity contribution in [3.8, 4) is 5.82 Å². The van der Waals surface area contributed by atoms with Gasteiger partial charge >= 0.3 is 0 Å². The molecule has 0 bridgehead atoms. The SMILES string of the molecule is CC.CCCC(NC(=O)/C(C)=C1\NC(c2ccccc2)CC(C)(C)N1NC)c1cnn(-c2ccccn2)c1C. The Labute approximate surface area is 233 Å². The van der Waals surface area contributed by atoms with E-state index in [9.17, 15) is 4.79 Å². The molecule has 1 aliphatic heterocycles. The summed E-state index contributed by atoms with van der Waals surface area (Å²) in [6.07, 6.45) is 6.23. The van der Waals surface area contributed by atoms with Crippen LogP contribution in [0.3, 0.4) is 0 Å². The van der Waals surface area contributed by atoms with Crippen LogP contribution in [0.5, 0.6) is 0 Å². The number of rotatable bonds is 8. The van der Waals surface area contributed by atoms with Crippen LogP contribution in [0.2, 0.25) is 0 Å². The molecule has 2 atom stereocenters. The molecule has 8 nitrogen and oxygen atoms in total. The molecule has 1 saturated heterocycles.